The van der Waals surface area contributed by atoms with Gasteiger partial charge in [-0.2, -0.15) is 0 Å². The Morgan fingerprint density at radius 1 is 0.381 bits per heavy atom. The normalized spacial score (nSPS) is 15.4. The molecule has 0 N–H and O–H groups in total. The predicted molar refractivity (Wildman–Crippen MR) is 89.1 cm³/mol. The molecular formula is C16H36GeO4. The number of rotatable bonds is 4. The summed E-state index contributed by atoms with van der Waals surface area (Å²) in [5.74, 6) is 0. The first kappa shape index (κ1) is 21.4. The van der Waals surface area contributed by atoms with E-state index in [1.165, 1.54) is 0 Å². The summed E-state index contributed by atoms with van der Waals surface area (Å²) in [6.45, 7) is 24.0. The Kier molecular flexibility index (Phi) is 6.60. The molecule has 0 aromatic rings. The second kappa shape index (κ2) is 6.48. The second-order valence-corrected chi connectivity index (χ2v) is 13.2. The van der Waals surface area contributed by atoms with Gasteiger partial charge in [0.1, 0.15) is 0 Å². The molecule has 0 saturated heterocycles. The van der Waals surface area contributed by atoms with Crippen molar-refractivity contribution in [3.05, 3.63) is 0 Å². The molecule has 21 heavy (non-hydrogen) atoms. The van der Waals surface area contributed by atoms with Gasteiger partial charge in [0.15, 0.2) is 0 Å². The number of hydrogen-bond donors (Lipinski definition) is 0. The van der Waals surface area contributed by atoms with Crippen molar-refractivity contribution in [3.8, 4) is 0 Å². The molecule has 0 atom stereocenters. The Labute approximate surface area is 135 Å². The van der Waals surface area contributed by atoms with E-state index in [0.29, 0.717) is 0 Å². The van der Waals surface area contributed by atoms with E-state index in [2.05, 4.69) is 0 Å². The molecule has 0 aliphatic rings. The van der Waals surface area contributed by atoms with Crippen LogP contribution in [0.3, 0.4) is 0 Å². The van der Waals surface area contributed by atoms with Crippen molar-refractivity contribution in [1.29, 1.82) is 0 Å². The molecular weight excluding hydrogens is 329 g/mol. The first-order valence-electron chi connectivity index (χ1n) is 7.63. The van der Waals surface area contributed by atoms with Crippen LogP contribution in [0.15, 0.2) is 0 Å². The Morgan fingerprint density at radius 2 is 0.524 bits per heavy atom. The van der Waals surface area contributed by atoms with Crippen LogP contribution >= 0.6 is 0 Å². The molecule has 0 radical (unpaired) electrons. The summed E-state index contributed by atoms with van der Waals surface area (Å²) in [5.41, 5.74) is -1.60. The Morgan fingerprint density at radius 3 is 0.619 bits per heavy atom. The van der Waals surface area contributed by atoms with E-state index in [1.807, 2.05) is 83.1 Å². The standard InChI is InChI=1S/C16H36GeO4/c1-13(2,3)18-17(19-14(4,5)6,20-15(7,8)9)21-16(10,11)12/h1-12H3. The molecule has 0 rings (SSSR count). The average molecular weight is 365 g/mol. The zero-order valence-corrected chi connectivity index (χ0v) is 18.2. The second-order valence-electron chi connectivity index (χ2n) is 9.36. The molecule has 128 valence electrons. The minimum atomic E-state index is -3.96. The maximum atomic E-state index is 6.27. The van der Waals surface area contributed by atoms with E-state index in [1.54, 1.807) is 0 Å². The minimum absolute atomic E-state index is 0.401. The third-order valence-corrected chi connectivity index (χ3v) is 8.96. The zero-order valence-electron chi connectivity index (χ0n) is 16.1. The van der Waals surface area contributed by atoms with Crippen LogP contribution in [0.4, 0.5) is 0 Å². The van der Waals surface area contributed by atoms with Crippen molar-refractivity contribution in [2.24, 2.45) is 0 Å². The van der Waals surface area contributed by atoms with Crippen molar-refractivity contribution in [3.63, 3.8) is 0 Å². The molecule has 0 fully saturated rings. The summed E-state index contributed by atoms with van der Waals surface area (Å²) in [6, 6.07) is 0. The van der Waals surface area contributed by atoms with E-state index >= 15 is 0 Å². The van der Waals surface area contributed by atoms with Gasteiger partial charge in [0.05, 0.1) is 0 Å². The van der Waals surface area contributed by atoms with Gasteiger partial charge in [-0.1, -0.05) is 0 Å². The first-order chi connectivity index (χ1) is 8.83. The van der Waals surface area contributed by atoms with Crippen molar-refractivity contribution < 1.29 is 15.1 Å². The fraction of sp³-hybridized carbons (Fsp3) is 1.00. The van der Waals surface area contributed by atoms with Gasteiger partial charge in [-0.05, 0) is 0 Å². The Bertz CT molecular complexity index is 257. The van der Waals surface area contributed by atoms with E-state index < -0.39 is 37.0 Å². The zero-order chi connectivity index (χ0) is 17.3. The van der Waals surface area contributed by atoms with Crippen LogP contribution in [0.5, 0.6) is 0 Å². The van der Waals surface area contributed by atoms with E-state index in [-0.39, 0.29) is 0 Å². The summed E-state index contributed by atoms with van der Waals surface area (Å²) in [4.78, 5) is 0. The molecule has 0 aliphatic heterocycles. The Balaban J connectivity index is 5.70. The monoisotopic (exact) mass is 366 g/mol. The van der Waals surface area contributed by atoms with Crippen LogP contribution in [0.1, 0.15) is 83.1 Å². The average Bonchev–Trinajstić information content (AvgIpc) is 1.83. The van der Waals surface area contributed by atoms with Crippen LogP contribution in [-0.4, -0.2) is 37.0 Å². The van der Waals surface area contributed by atoms with E-state index in [9.17, 15) is 0 Å². The molecule has 0 aliphatic carbocycles. The molecule has 0 bridgehead atoms. The first-order valence-corrected chi connectivity index (χ1v) is 11.1. The molecule has 4 nitrogen and oxygen atoms in total. The van der Waals surface area contributed by atoms with E-state index in [0.717, 1.165) is 0 Å². The van der Waals surface area contributed by atoms with Crippen LogP contribution in [0, 0.1) is 0 Å². The molecule has 0 aromatic heterocycles. The third kappa shape index (κ3) is 11.6. The summed E-state index contributed by atoms with van der Waals surface area (Å²) < 4.78 is 25.1. The fourth-order valence-corrected chi connectivity index (χ4v) is 8.44. The van der Waals surface area contributed by atoms with Crippen molar-refractivity contribution in [1.82, 2.24) is 0 Å². The molecule has 0 heterocycles. The van der Waals surface area contributed by atoms with Crippen LogP contribution in [0.2, 0.25) is 0 Å². The SMILES string of the molecule is CC(C)(C)[O][Ge]([O]C(C)(C)C)([O]C(C)(C)C)[O]C(C)(C)C. The van der Waals surface area contributed by atoms with E-state index in [4.69, 9.17) is 15.1 Å². The van der Waals surface area contributed by atoms with Gasteiger partial charge in [-0.3, -0.25) is 0 Å². The van der Waals surface area contributed by atoms with Gasteiger partial charge < -0.3 is 0 Å². The fourth-order valence-electron chi connectivity index (χ4n) is 1.63. The molecule has 0 unspecified atom stereocenters. The molecule has 5 heteroatoms. The van der Waals surface area contributed by atoms with Crippen LogP contribution in [0.25, 0.3) is 0 Å². The predicted octanol–water partition coefficient (Wildman–Crippen LogP) is 4.68. The topological polar surface area (TPSA) is 36.9 Å². The quantitative estimate of drug-likeness (QED) is 0.678. The van der Waals surface area contributed by atoms with Crippen LogP contribution < -0.4 is 0 Å². The third-order valence-electron chi connectivity index (χ3n) is 1.72. The number of hydrogen-bond acceptors (Lipinski definition) is 4. The van der Waals surface area contributed by atoms with Crippen molar-refractivity contribution in [2.75, 3.05) is 0 Å². The van der Waals surface area contributed by atoms with Gasteiger partial charge in [0.25, 0.3) is 0 Å². The van der Waals surface area contributed by atoms with Gasteiger partial charge in [0.2, 0.25) is 0 Å². The summed E-state index contributed by atoms with van der Waals surface area (Å²) in [5, 5.41) is 0. The van der Waals surface area contributed by atoms with Crippen LogP contribution in [-0.2, 0) is 15.1 Å². The summed E-state index contributed by atoms with van der Waals surface area (Å²) >= 11 is -3.96. The van der Waals surface area contributed by atoms with Gasteiger partial charge in [-0.15, -0.1) is 0 Å². The van der Waals surface area contributed by atoms with Crippen molar-refractivity contribution in [2.45, 2.75) is 105 Å². The summed E-state index contributed by atoms with van der Waals surface area (Å²) in [7, 11) is 0. The molecule has 0 aromatic carbocycles. The van der Waals surface area contributed by atoms with Gasteiger partial charge in [-0.25, -0.2) is 0 Å². The molecule has 0 spiro atoms. The maximum absolute atomic E-state index is 6.27. The van der Waals surface area contributed by atoms with Gasteiger partial charge in [0, 0.05) is 0 Å². The molecule has 0 amide bonds. The van der Waals surface area contributed by atoms with Gasteiger partial charge >= 0.3 is 135 Å². The Hall–Kier alpha value is 0.383. The molecule has 0 saturated carbocycles. The summed E-state index contributed by atoms with van der Waals surface area (Å²) in [6.07, 6.45) is 0. The van der Waals surface area contributed by atoms with Crippen molar-refractivity contribution >= 4 is 14.6 Å².